The smallest absolute Gasteiger partial charge is 0.230 e. The number of carbonyl (C=O) groups is 1. The van der Waals surface area contributed by atoms with Crippen molar-refractivity contribution in [2.24, 2.45) is 7.05 Å². The molecule has 1 amide bonds. The number of hydrogen-bond acceptors (Lipinski definition) is 5. The number of carbonyl (C=O) groups excluding carboxylic acids is 1. The number of thioether (sulfide) groups is 1. The van der Waals surface area contributed by atoms with Crippen LogP contribution in [-0.2, 0) is 11.8 Å². The molecule has 2 aromatic heterocycles. The number of halogens is 2. The molecule has 1 N–H and O–H groups in total. The zero-order chi connectivity index (χ0) is 20.8. The number of furan rings is 1. The third-order valence-electron chi connectivity index (χ3n) is 4.49. The maximum absolute atomic E-state index is 12.4. The third kappa shape index (κ3) is 5.56. The molecule has 1 aromatic carbocycles. The lowest BCUT2D eigenvalue weighted by Crippen LogP contribution is -2.30. The van der Waals surface area contributed by atoms with Crippen molar-refractivity contribution in [1.29, 1.82) is 0 Å². The number of aromatic nitrogens is 3. The fourth-order valence-corrected chi connectivity index (χ4v) is 4.33. The van der Waals surface area contributed by atoms with Crippen LogP contribution >= 0.6 is 35.0 Å². The summed E-state index contributed by atoms with van der Waals surface area (Å²) >= 11 is 13.7. The standard InChI is InChI=1S/C20H22Cl2N4O2S/c1-3-5-13(15-8-7-14(21)10-16(15)22)11-23-18(27)12-29-20-25-24-19(26(20)2)17-6-4-9-28-17/h4,6-10,13H,3,5,11-12H2,1-2H3,(H,23,27). The van der Waals surface area contributed by atoms with Crippen LogP contribution in [0.2, 0.25) is 10.0 Å². The van der Waals surface area contributed by atoms with Gasteiger partial charge in [0, 0.05) is 29.6 Å². The van der Waals surface area contributed by atoms with Crippen molar-refractivity contribution in [1.82, 2.24) is 20.1 Å². The van der Waals surface area contributed by atoms with Crippen LogP contribution in [-0.4, -0.2) is 33.0 Å². The van der Waals surface area contributed by atoms with Crippen LogP contribution in [0.5, 0.6) is 0 Å². The van der Waals surface area contributed by atoms with Crippen LogP contribution in [0.15, 0.2) is 46.2 Å². The molecule has 29 heavy (non-hydrogen) atoms. The van der Waals surface area contributed by atoms with Crippen LogP contribution in [0.25, 0.3) is 11.6 Å². The van der Waals surface area contributed by atoms with E-state index in [9.17, 15) is 4.79 Å². The van der Waals surface area contributed by atoms with Crippen LogP contribution in [0, 0.1) is 0 Å². The van der Waals surface area contributed by atoms with Crippen LogP contribution < -0.4 is 5.32 Å². The highest BCUT2D eigenvalue weighted by Gasteiger charge is 2.17. The van der Waals surface area contributed by atoms with E-state index in [-0.39, 0.29) is 17.6 Å². The van der Waals surface area contributed by atoms with Crippen molar-refractivity contribution >= 4 is 40.9 Å². The molecule has 1 unspecified atom stereocenters. The lowest BCUT2D eigenvalue weighted by Gasteiger charge is -2.19. The quantitative estimate of drug-likeness (QED) is 0.453. The predicted octanol–water partition coefficient (Wildman–Crippen LogP) is 5.17. The van der Waals surface area contributed by atoms with Gasteiger partial charge in [0.2, 0.25) is 5.91 Å². The van der Waals surface area contributed by atoms with Gasteiger partial charge in [0.1, 0.15) is 0 Å². The highest BCUT2D eigenvalue weighted by molar-refractivity contribution is 7.99. The molecular weight excluding hydrogens is 431 g/mol. The Labute approximate surface area is 184 Å². The first-order chi connectivity index (χ1) is 14.0. The third-order valence-corrected chi connectivity index (χ3v) is 6.08. The molecule has 0 aliphatic rings. The second kappa shape index (κ2) is 10.2. The van der Waals surface area contributed by atoms with E-state index in [0.717, 1.165) is 18.4 Å². The SMILES string of the molecule is CCCC(CNC(=O)CSc1nnc(-c2ccco2)n1C)c1ccc(Cl)cc1Cl. The van der Waals surface area contributed by atoms with Crippen LogP contribution in [0.1, 0.15) is 31.2 Å². The fourth-order valence-electron chi connectivity index (χ4n) is 3.03. The first kappa shape index (κ1) is 21.7. The van der Waals surface area contributed by atoms with Gasteiger partial charge in [-0.25, -0.2) is 0 Å². The maximum atomic E-state index is 12.4. The van der Waals surface area contributed by atoms with Crippen molar-refractivity contribution < 1.29 is 9.21 Å². The molecule has 0 saturated heterocycles. The summed E-state index contributed by atoms with van der Waals surface area (Å²) in [5.41, 5.74) is 1.00. The maximum Gasteiger partial charge on any atom is 0.230 e. The lowest BCUT2D eigenvalue weighted by molar-refractivity contribution is -0.118. The number of rotatable bonds is 9. The summed E-state index contributed by atoms with van der Waals surface area (Å²) in [4.78, 5) is 12.4. The summed E-state index contributed by atoms with van der Waals surface area (Å²) in [5.74, 6) is 1.58. The molecule has 154 valence electrons. The second-order valence-electron chi connectivity index (χ2n) is 6.59. The number of benzene rings is 1. The summed E-state index contributed by atoms with van der Waals surface area (Å²) in [6.07, 6.45) is 3.50. The van der Waals surface area contributed by atoms with E-state index in [1.807, 2.05) is 29.8 Å². The molecule has 0 radical (unpaired) electrons. The Hall–Kier alpha value is -1.96. The zero-order valence-electron chi connectivity index (χ0n) is 16.2. The minimum atomic E-state index is -0.0660. The lowest BCUT2D eigenvalue weighted by atomic mass is 9.94. The average molecular weight is 453 g/mol. The van der Waals surface area contributed by atoms with Gasteiger partial charge in [-0.1, -0.05) is 54.4 Å². The number of nitrogens with zero attached hydrogens (tertiary/aromatic N) is 3. The second-order valence-corrected chi connectivity index (χ2v) is 8.37. The summed E-state index contributed by atoms with van der Waals surface area (Å²) in [7, 11) is 1.85. The van der Waals surface area contributed by atoms with E-state index in [0.29, 0.717) is 33.3 Å². The molecule has 0 aliphatic carbocycles. The largest absolute Gasteiger partial charge is 0.461 e. The normalized spacial score (nSPS) is 12.1. The van der Waals surface area contributed by atoms with Crippen molar-refractivity contribution in [3.05, 3.63) is 52.2 Å². The predicted molar refractivity (Wildman–Crippen MR) is 117 cm³/mol. The Balaban J connectivity index is 1.56. The zero-order valence-corrected chi connectivity index (χ0v) is 18.5. The fraction of sp³-hybridized carbons (Fsp3) is 0.350. The summed E-state index contributed by atoms with van der Waals surface area (Å²) in [5, 5.41) is 13.2. The molecule has 0 saturated carbocycles. The van der Waals surface area contributed by atoms with Crippen molar-refractivity contribution in [2.75, 3.05) is 12.3 Å². The van der Waals surface area contributed by atoms with Gasteiger partial charge in [-0.3, -0.25) is 4.79 Å². The molecule has 3 rings (SSSR count). The molecule has 1 atom stereocenters. The van der Waals surface area contributed by atoms with Crippen LogP contribution in [0.3, 0.4) is 0 Å². The Bertz CT molecular complexity index is 960. The summed E-state index contributed by atoms with van der Waals surface area (Å²) in [6, 6.07) is 9.11. The molecule has 0 bridgehead atoms. The van der Waals surface area contributed by atoms with Gasteiger partial charge in [-0.05, 0) is 36.2 Å². The number of hydrogen-bond donors (Lipinski definition) is 1. The molecule has 3 aromatic rings. The van der Waals surface area contributed by atoms with E-state index in [4.69, 9.17) is 27.6 Å². The summed E-state index contributed by atoms with van der Waals surface area (Å²) < 4.78 is 7.16. The minimum Gasteiger partial charge on any atom is -0.461 e. The first-order valence-electron chi connectivity index (χ1n) is 9.27. The number of nitrogens with one attached hydrogen (secondary N) is 1. The van der Waals surface area contributed by atoms with Gasteiger partial charge in [0.05, 0.1) is 12.0 Å². The molecule has 6 nitrogen and oxygen atoms in total. The van der Waals surface area contributed by atoms with Crippen LogP contribution in [0.4, 0.5) is 0 Å². The van der Waals surface area contributed by atoms with Crippen molar-refractivity contribution in [3.8, 4) is 11.6 Å². The summed E-state index contributed by atoms with van der Waals surface area (Å²) in [6.45, 7) is 2.63. The Morgan fingerprint density at radius 1 is 1.31 bits per heavy atom. The van der Waals surface area contributed by atoms with E-state index >= 15 is 0 Å². The monoisotopic (exact) mass is 452 g/mol. The van der Waals surface area contributed by atoms with Crippen molar-refractivity contribution in [2.45, 2.75) is 30.8 Å². The van der Waals surface area contributed by atoms with Gasteiger partial charge in [-0.2, -0.15) is 0 Å². The Morgan fingerprint density at radius 2 is 2.14 bits per heavy atom. The molecule has 2 heterocycles. The van der Waals surface area contributed by atoms with E-state index in [1.54, 1.807) is 18.4 Å². The molecule has 9 heteroatoms. The van der Waals surface area contributed by atoms with Gasteiger partial charge in [0.15, 0.2) is 16.7 Å². The minimum absolute atomic E-state index is 0.0660. The van der Waals surface area contributed by atoms with Gasteiger partial charge < -0.3 is 14.3 Å². The number of amides is 1. The highest BCUT2D eigenvalue weighted by atomic mass is 35.5. The highest BCUT2D eigenvalue weighted by Crippen LogP contribution is 2.30. The molecule has 0 spiro atoms. The molecular formula is C20H22Cl2N4O2S. The molecule has 0 fully saturated rings. The average Bonchev–Trinajstić information content (AvgIpc) is 3.33. The van der Waals surface area contributed by atoms with Gasteiger partial charge >= 0.3 is 0 Å². The Morgan fingerprint density at radius 3 is 2.83 bits per heavy atom. The molecule has 0 aliphatic heterocycles. The van der Waals surface area contributed by atoms with Crippen molar-refractivity contribution in [3.63, 3.8) is 0 Å². The Kier molecular flexibility index (Phi) is 7.64. The van der Waals surface area contributed by atoms with Gasteiger partial charge in [-0.15, -0.1) is 10.2 Å². The van der Waals surface area contributed by atoms with Gasteiger partial charge in [0.25, 0.3) is 0 Å². The first-order valence-corrected chi connectivity index (χ1v) is 11.0. The van der Waals surface area contributed by atoms with E-state index in [2.05, 4.69) is 22.4 Å². The van der Waals surface area contributed by atoms with E-state index in [1.165, 1.54) is 11.8 Å². The van der Waals surface area contributed by atoms with E-state index < -0.39 is 0 Å². The topological polar surface area (TPSA) is 73.0 Å².